The van der Waals surface area contributed by atoms with Gasteiger partial charge in [0.25, 0.3) is 0 Å². The lowest BCUT2D eigenvalue weighted by Gasteiger charge is -2.01. The van der Waals surface area contributed by atoms with E-state index >= 15 is 0 Å². The highest BCUT2D eigenvalue weighted by Gasteiger charge is 2.15. The fraction of sp³-hybridized carbons (Fsp3) is 0.100. The maximum absolute atomic E-state index is 12.3. The third-order valence-corrected chi connectivity index (χ3v) is 2.12. The number of hydrogen-bond acceptors (Lipinski definition) is 3. The van der Waals surface area contributed by atoms with Crippen LogP contribution in [0.4, 0.5) is 8.78 Å². The topological polar surface area (TPSA) is 68.0 Å². The predicted molar refractivity (Wildman–Crippen MR) is 53.7 cm³/mol. The Morgan fingerprint density at radius 2 is 2.24 bits per heavy atom. The lowest BCUT2D eigenvalue weighted by Crippen LogP contribution is -2.02. The largest absolute Gasteiger partial charge is 0.476 e. The van der Waals surface area contributed by atoms with Crippen molar-refractivity contribution in [3.63, 3.8) is 0 Å². The Morgan fingerprint density at radius 3 is 2.82 bits per heavy atom. The zero-order chi connectivity index (χ0) is 12.4. The van der Waals surface area contributed by atoms with Crippen LogP contribution in [0.1, 0.15) is 17.0 Å². The summed E-state index contributed by atoms with van der Waals surface area (Å²) < 4.78 is 25.1. The number of hydrogen-bond donors (Lipinski definition) is 1. The smallest absolute Gasteiger partial charge is 0.355 e. The highest BCUT2D eigenvalue weighted by molar-refractivity contribution is 5.93. The Kier molecular flexibility index (Phi) is 2.82. The number of carboxylic acid groups (broad SMARTS) is 1. The van der Waals surface area contributed by atoms with Gasteiger partial charge in [0.15, 0.2) is 5.69 Å². The van der Waals surface area contributed by atoms with Gasteiger partial charge in [0, 0.05) is 23.5 Å². The minimum Gasteiger partial charge on any atom is -0.476 e. The summed E-state index contributed by atoms with van der Waals surface area (Å²) in [7, 11) is 0. The van der Waals surface area contributed by atoms with Crippen LogP contribution in [0.3, 0.4) is 0 Å². The number of carbonyl (C=O) groups is 1. The van der Waals surface area contributed by atoms with Gasteiger partial charge in [-0.25, -0.2) is 14.5 Å². The van der Waals surface area contributed by atoms with Crippen molar-refractivity contribution >= 4 is 5.97 Å². The Bertz CT molecular complexity index is 554. The third-order valence-electron chi connectivity index (χ3n) is 2.12. The van der Waals surface area contributed by atoms with Crippen molar-refractivity contribution < 1.29 is 18.7 Å². The molecule has 0 saturated carbocycles. The van der Waals surface area contributed by atoms with Crippen molar-refractivity contribution in [3.05, 3.63) is 36.4 Å². The minimum atomic E-state index is -2.76. The van der Waals surface area contributed by atoms with Gasteiger partial charge in [0.1, 0.15) is 0 Å². The van der Waals surface area contributed by atoms with Crippen molar-refractivity contribution in [1.29, 1.82) is 0 Å². The van der Waals surface area contributed by atoms with Gasteiger partial charge in [0.2, 0.25) is 0 Å². The molecule has 0 aliphatic carbocycles. The lowest BCUT2D eigenvalue weighted by atomic mass is 10.1. The van der Waals surface area contributed by atoms with E-state index in [1.807, 2.05) is 0 Å². The molecular weight excluding hydrogens is 232 g/mol. The molecule has 0 amide bonds. The summed E-state index contributed by atoms with van der Waals surface area (Å²) in [4.78, 5) is 14.6. The van der Waals surface area contributed by atoms with Crippen LogP contribution >= 0.6 is 0 Å². The van der Waals surface area contributed by atoms with Gasteiger partial charge in [-0.3, -0.25) is 0 Å². The summed E-state index contributed by atoms with van der Waals surface area (Å²) in [5, 5.41) is 12.3. The van der Waals surface area contributed by atoms with Gasteiger partial charge < -0.3 is 5.11 Å². The van der Waals surface area contributed by atoms with E-state index in [1.54, 1.807) is 0 Å². The molecule has 2 rings (SSSR count). The molecule has 7 heteroatoms. The number of aromatic nitrogens is 3. The van der Waals surface area contributed by atoms with E-state index in [0.717, 1.165) is 6.20 Å². The molecule has 2 aromatic heterocycles. The Morgan fingerprint density at radius 1 is 1.47 bits per heavy atom. The molecule has 0 aromatic carbocycles. The molecule has 17 heavy (non-hydrogen) atoms. The van der Waals surface area contributed by atoms with Crippen LogP contribution in [0.25, 0.3) is 11.1 Å². The number of nitrogens with zero attached hydrogens (tertiary/aromatic N) is 3. The summed E-state index contributed by atoms with van der Waals surface area (Å²) in [6, 6.07) is 3.02. The van der Waals surface area contributed by atoms with Crippen LogP contribution in [-0.4, -0.2) is 25.8 Å². The number of alkyl halides is 2. The molecule has 0 saturated heterocycles. The number of pyridine rings is 1. The fourth-order valence-electron chi connectivity index (χ4n) is 1.39. The number of halogens is 2. The van der Waals surface area contributed by atoms with Crippen LogP contribution in [-0.2, 0) is 0 Å². The average Bonchev–Trinajstić information content (AvgIpc) is 2.78. The second-order valence-electron chi connectivity index (χ2n) is 3.19. The molecule has 88 valence electrons. The van der Waals surface area contributed by atoms with E-state index in [2.05, 4.69) is 10.1 Å². The molecule has 0 aliphatic rings. The van der Waals surface area contributed by atoms with Crippen molar-refractivity contribution in [2.75, 3.05) is 0 Å². The summed E-state index contributed by atoms with van der Waals surface area (Å²) in [6.07, 6.45) is 3.58. The molecule has 0 aliphatic heterocycles. The first-order valence-corrected chi connectivity index (χ1v) is 4.60. The van der Waals surface area contributed by atoms with E-state index < -0.39 is 12.5 Å². The van der Waals surface area contributed by atoms with Crippen molar-refractivity contribution in [1.82, 2.24) is 14.8 Å². The molecule has 0 spiro atoms. The van der Waals surface area contributed by atoms with Gasteiger partial charge >= 0.3 is 12.5 Å². The molecule has 0 atom stereocenters. The monoisotopic (exact) mass is 239 g/mol. The van der Waals surface area contributed by atoms with Crippen molar-refractivity contribution in [3.8, 4) is 11.1 Å². The normalized spacial score (nSPS) is 10.8. The number of aromatic carboxylic acids is 1. The molecule has 0 fully saturated rings. The van der Waals surface area contributed by atoms with Crippen LogP contribution < -0.4 is 0 Å². The zero-order valence-corrected chi connectivity index (χ0v) is 8.42. The predicted octanol–water partition coefficient (Wildman–Crippen LogP) is 2.04. The highest BCUT2D eigenvalue weighted by Crippen LogP contribution is 2.23. The lowest BCUT2D eigenvalue weighted by molar-refractivity contribution is 0.0566. The molecule has 0 bridgehead atoms. The second kappa shape index (κ2) is 4.28. The number of rotatable bonds is 3. The average molecular weight is 239 g/mol. The zero-order valence-electron chi connectivity index (χ0n) is 8.42. The maximum atomic E-state index is 12.3. The van der Waals surface area contributed by atoms with Crippen LogP contribution in [0.5, 0.6) is 0 Å². The van der Waals surface area contributed by atoms with Crippen LogP contribution in [0, 0.1) is 0 Å². The van der Waals surface area contributed by atoms with E-state index in [-0.39, 0.29) is 16.8 Å². The first kappa shape index (κ1) is 11.2. The van der Waals surface area contributed by atoms with Gasteiger partial charge in [0.05, 0.1) is 6.20 Å². The molecule has 2 heterocycles. The molecule has 1 N–H and O–H groups in total. The van der Waals surface area contributed by atoms with E-state index in [0.29, 0.717) is 4.68 Å². The van der Waals surface area contributed by atoms with Crippen molar-refractivity contribution in [2.45, 2.75) is 6.55 Å². The highest BCUT2D eigenvalue weighted by atomic mass is 19.3. The van der Waals surface area contributed by atoms with E-state index in [9.17, 15) is 13.6 Å². The van der Waals surface area contributed by atoms with Gasteiger partial charge in [-0.05, 0) is 6.07 Å². The summed E-state index contributed by atoms with van der Waals surface area (Å²) in [5.74, 6) is -1.22. The third kappa shape index (κ3) is 2.12. The number of carboxylic acids is 1. The Hall–Kier alpha value is -2.31. The summed E-state index contributed by atoms with van der Waals surface area (Å²) >= 11 is 0. The Labute approximate surface area is 94.3 Å². The van der Waals surface area contributed by atoms with Gasteiger partial charge in [-0.2, -0.15) is 13.9 Å². The first-order chi connectivity index (χ1) is 8.09. The second-order valence-corrected chi connectivity index (χ2v) is 3.19. The SMILES string of the molecule is O=C(O)c1ncccc1-c1cnn(C(F)F)c1. The molecule has 5 nitrogen and oxygen atoms in total. The quantitative estimate of drug-likeness (QED) is 0.889. The maximum Gasteiger partial charge on any atom is 0.355 e. The molecule has 2 aromatic rings. The van der Waals surface area contributed by atoms with Crippen LogP contribution in [0.15, 0.2) is 30.7 Å². The first-order valence-electron chi connectivity index (χ1n) is 4.60. The summed E-state index contributed by atoms with van der Waals surface area (Å²) in [6.45, 7) is -2.76. The molecule has 0 radical (unpaired) electrons. The standard InChI is InChI=1S/C10H7F2N3O2/c11-10(12)15-5-6(4-14-15)7-2-1-3-13-8(7)9(16)17/h1-5,10H,(H,16,17). The van der Waals surface area contributed by atoms with E-state index in [4.69, 9.17) is 5.11 Å². The van der Waals surface area contributed by atoms with E-state index in [1.165, 1.54) is 24.5 Å². The van der Waals surface area contributed by atoms with Crippen LogP contribution in [0.2, 0.25) is 0 Å². The minimum absolute atomic E-state index is 0.193. The van der Waals surface area contributed by atoms with Gasteiger partial charge in [-0.1, -0.05) is 6.07 Å². The summed E-state index contributed by atoms with van der Waals surface area (Å²) in [5.41, 5.74) is 0.351. The molecular formula is C10H7F2N3O2. The molecule has 0 unspecified atom stereocenters. The van der Waals surface area contributed by atoms with Gasteiger partial charge in [-0.15, -0.1) is 0 Å². The van der Waals surface area contributed by atoms with Crippen molar-refractivity contribution in [2.24, 2.45) is 0 Å². The fourth-order valence-corrected chi connectivity index (χ4v) is 1.39. The Balaban J connectivity index is 2.49.